The van der Waals surface area contributed by atoms with E-state index in [2.05, 4.69) is 10.2 Å². The summed E-state index contributed by atoms with van der Waals surface area (Å²) in [5.41, 5.74) is 7.63. The highest BCUT2D eigenvalue weighted by Crippen LogP contribution is 2.29. The van der Waals surface area contributed by atoms with Gasteiger partial charge in [0, 0.05) is 13.1 Å². The minimum atomic E-state index is -0.717. The maximum Gasteiger partial charge on any atom is 0.162 e. The van der Waals surface area contributed by atoms with Crippen molar-refractivity contribution < 1.29 is 5.11 Å². The van der Waals surface area contributed by atoms with Crippen LogP contribution in [0.1, 0.15) is 44.0 Å². The predicted molar refractivity (Wildman–Crippen MR) is 79.3 cm³/mol. The largest absolute Gasteiger partial charge is 0.388 e. The molecule has 1 aromatic rings. The number of aromatic nitrogens is 2. The van der Waals surface area contributed by atoms with Gasteiger partial charge in [-0.05, 0) is 31.7 Å². The molecule has 6 nitrogen and oxygen atoms in total. The van der Waals surface area contributed by atoms with Gasteiger partial charge in [-0.1, -0.05) is 13.8 Å². The fourth-order valence-electron chi connectivity index (χ4n) is 2.79. The van der Waals surface area contributed by atoms with Gasteiger partial charge in [-0.15, -0.1) is 5.10 Å². The molecule has 0 radical (unpaired) electrons. The molecular formula is C14H23N5O. The number of anilines is 1. The lowest BCUT2D eigenvalue weighted by atomic mass is 10.0. The van der Waals surface area contributed by atoms with Crippen LogP contribution in [0.3, 0.4) is 0 Å². The van der Waals surface area contributed by atoms with E-state index in [9.17, 15) is 5.11 Å². The van der Waals surface area contributed by atoms with Gasteiger partial charge in [0.15, 0.2) is 5.82 Å². The van der Waals surface area contributed by atoms with E-state index in [1.807, 2.05) is 25.7 Å². The van der Waals surface area contributed by atoms with Crippen molar-refractivity contribution in [1.29, 1.82) is 5.41 Å². The van der Waals surface area contributed by atoms with Gasteiger partial charge in [0.25, 0.3) is 0 Å². The number of aliphatic hydroxyl groups is 1. The molecule has 0 aliphatic carbocycles. The molecule has 1 fully saturated rings. The van der Waals surface area contributed by atoms with Gasteiger partial charge in [0.1, 0.15) is 5.84 Å². The van der Waals surface area contributed by atoms with E-state index in [0.717, 1.165) is 24.1 Å². The summed E-state index contributed by atoms with van der Waals surface area (Å²) in [6, 6.07) is 0. The van der Waals surface area contributed by atoms with Gasteiger partial charge in [-0.2, -0.15) is 5.10 Å². The Morgan fingerprint density at radius 1 is 1.40 bits per heavy atom. The average Bonchev–Trinajstić information content (AvgIpc) is 2.76. The van der Waals surface area contributed by atoms with Crippen LogP contribution in [0, 0.1) is 5.41 Å². The van der Waals surface area contributed by atoms with E-state index in [-0.39, 0.29) is 5.84 Å². The Morgan fingerprint density at radius 3 is 2.55 bits per heavy atom. The van der Waals surface area contributed by atoms with E-state index in [1.54, 1.807) is 0 Å². The second-order valence-electron chi connectivity index (χ2n) is 5.61. The molecular weight excluding hydrogens is 254 g/mol. The summed E-state index contributed by atoms with van der Waals surface area (Å²) in [4.78, 5) is 1.97. The van der Waals surface area contributed by atoms with E-state index in [0.29, 0.717) is 30.9 Å². The summed E-state index contributed by atoms with van der Waals surface area (Å²) in [5, 5.41) is 26.5. The highest BCUT2D eigenvalue weighted by molar-refractivity contribution is 6.01. The van der Waals surface area contributed by atoms with Crippen molar-refractivity contribution in [1.82, 2.24) is 10.2 Å². The molecule has 1 aliphatic rings. The number of aryl methyl sites for hydroxylation is 1. The Hall–Kier alpha value is -1.69. The molecule has 110 valence electrons. The lowest BCUT2D eigenvalue weighted by molar-refractivity contribution is 0.0839. The molecule has 20 heavy (non-hydrogen) atoms. The van der Waals surface area contributed by atoms with Crippen molar-refractivity contribution in [3.63, 3.8) is 0 Å². The summed E-state index contributed by atoms with van der Waals surface area (Å²) in [5.74, 6) is 0.650. The van der Waals surface area contributed by atoms with Crippen LogP contribution in [0.5, 0.6) is 0 Å². The van der Waals surface area contributed by atoms with Crippen LogP contribution in [0.2, 0.25) is 0 Å². The van der Waals surface area contributed by atoms with Gasteiger partial charge in [-0.3, -0.25) is 5.41 Å². The first kappa shape index (κ1) is 14.7. The molecule has 1 atom stereocenters. The molecule has 0 aromatic carbocycles. The third kappa shape index (κ3) is 2.60. The van der Waals surface area contributed by atoms with Gasteiger partial charge in [-0.25, -0.2) is 0 Å². The number of hydrogen-bond donors (Lipinski definition) is 3. The third-order valence-corrected chi connectivity index (χ3v) is 3.85. The third-order valence-electron chi connectivity index (χ3n) is 3.85. The number of nitrogen functional groups attached to an aromatic ring is 1. The fourth-order valence-corrected chi connectivity index (χ4v) is 2.79. The number of nitrogens with zero attached hydrogens (tertiary/aromatic N) is 3. The molecule has 2 heterocycles. The molecule has 4 N–H and O–H groups in total. The normalized spacial score (nSPS) is 22.3. The first-order valence-corrected chi connectivity index (χ1v) is 7.09. The number of β-amino-alcohol motifs (C(OH)–C–C–N with tert-alkyl or cyclic N) is 1. The lowest BCUT2D eigenvalue weighted by Gasteiger charge is -2.23. The summed E-state index contributed by atoms with van der Waals surface area (Å²) in [6.07, 6.45) is 2.22. The van der Waals surface area contributed by atoms with Crippen LogP contribution >= 0.6 is 0 Å². The minimum Gasteiger partial charge on any atom is -0.388 e. The molecule has 6 heteroatoms. The molecule has 1 aromatic heterocycles. The van der Waals surface area contributed by atoms with Crippen LogP contribution in [0.15, 0.2) is 0 Å². The summed E-state index contributed by atoms with van der Waals surface area (Å²) < 4.78 is 0. The SMILES string of the molecule is CCc1nnc(N2CCC(C)(O)C2)c(C(=N)N)c1CC. The number of hydrogen-bond acceptors (Lipinski definition) is 5. The van der Waals surface area contributed by atoms with Gasteiger partial charge in [0.2, 0.25) is 0 Å². The van der Waals surface area contributed by atoms with Gasteiger partial charge >= 0.3 is 0 Å². The molecule has 0 amide bonds. The molecule has 0 bridgehead atoms. The predicted octanol–water partition coefficient (Wildman–Crippen LogP) is 0.847. The summed E-state index contributed by atoms with van der Waals surface area (Å²) in [6.45, 7) is 7.07. The Morgan fingerprint density at radius 2 is 2.10 bits per heavy atom. The number of rotatable bonds is 4. The highest BCUT2D eigenvalue weighted by Gasteiger charge is 2.34. The van der Waals surface area contributed by atoms with Gasteiger partial charge < -0.3 is 15.7 Å². The highest BCUT2D eigenvalue weighted by atomic mass is 16.3. The van der Waals surface area contributed by atoms with Crippen LogP contribution < -0.4 is 10.6 Å². The second-order valence-corrected chi connectivity index (χ2v) is 5.61. The maximum atomic E-state index is 10.1. The Kier molecular flexibility index (Phi) is 3.94. The number of nitrogens with two attached hydrogens (primary N) is 1. The van der Waals surface area contributed by atoms with Crippen LogP contribution in [-0.2, 0) is 12.8 Å². The quantitative estimate of drug-likeness (QED) is 0.559. The van der Waals surface area contributed by atoms with Crippen molar-refractivity contribution in [3.05, 3.63) is 16.8 Å². The Bertz CT molecular complexity index is 527. The van der Waals surface area contributed by atoms with Crippen LogP contribution in [0.25, 0.3) is 0 Å². The number of nitrogens with one attached hydrogen (secondary N) is 1. The Balaban J connectivity index is 2.51. The average molecular weight is 277 g/mol. The van der Waals surface area contributed by atoms with Crippen molar-refractivity contribution in [3.8, 4) is 0 Å². The topological polar surface area (TPSA) is 99.1 Å². The monoisotopic (exact) mass is 277 g/mol. The first-order valence-electron chi connectivity index (χ1n) is 7.09. The zero-order valence-corrected chi connectivity index (χ0v) is 12.4. The van der Waals surface area contributed by atoms with Gasteiger partial charge in [0.05, 0.1) is 16.9 Å². The molecule has 0 spiro atoms. The fraction of sp³-hybridized carbons (Fsp3) is 0.643. The van der Waals surface area contributed by atoms with Crippen LogP contribution in [-0.4, -0.2) is 39.8 Å². The molecule has 1 unspecified atom stereocenters. The van der Waals surface area contributed by atoms with Crippen molar-refractivity contribution in [2.24, 2.45) is 5.73 Å². The molecule has 2 rings (SSSR count). The Labute approximate surface area is 119 Å². The maximum absolute atomic E-state index is 10.1. The summed E-state index contributed by atoms with van der Waals surface area (Å²) in [7, 11) is 0. The lowest BCUT2D eigenvalue weighted by Crippen LogP contribution is -2.32. The molecule has 0 saturated carbocycles. The zero-order valence-electron chi connectivity index (χ0n) is 12.4. The van der Waals surface area contributed by atoms with E-state index in [1.165, 1.54) is 0 Å². The standard InChI is InChI=1S/C14H23N5O/c1-4-9-10(5-2)17-18-13(11(9)12(15)16)19-7-6-14(3,20)8-19/h20H,4-8H2,1-3H3,(H3,15,16). The van der Waals surface area contributed by atoms with E-state index >= 15 is 0 Å². The second kappa shape index (κ2) is 5.36. The van der Waals surface area contributed by atoms with E-state index in [4.69, 9.17) is 11.1 Å². The van der Waals surface area contributed by atoms with Crippen molar-refractivity contribution in [2.45, 2.75) is 45.6 Å². The first-order chi connectivity index (χ1) is 9.39. The minimum absolute atomic E-state index is 0.0213. The number of amidine groups is 1. The smallest absolute Gasteiger partial charge is 0.162 e. The van der Waals surface area contributed by atoms with Crippen LogP contribution in [0.4, 0.5) is 5.82 Å². The van der Waals surface area contributed by atoms with E-state index < -0.39 is 5.60 Å². The summed E-state index contributed by atoms with van der Waals surface area (Å²) >= 11 is 0. The molecule has 1 saturated heterocycles. The zero-order chi connectivity index (χ0) is 14.9. The van der Waals surface area contributed by atoms with Crippen molar-refractivity contribution in [2.75, 3.05) is 18.0 Å². The molecule has 1 aliphatic heterocycles. The van der Waals surface area contributed by atoms with Crippen molar-refractivity contribution >= 4 is 11.7 Å².